The summed E-state index contributed by atoms with van der Waals surface area (Å²) in [6, 6.07) is 8.77. The first-order chi connectivity index (χ1) is 14.3. The van der Waals surface area contributed by atoms with Gasteiger partial charge in [0.15, 0.2) is 24.1 Å². The van der Waals surface area contributed by atoms with Gasteiger partial charge in [-0.05, 0) is 30.2 Å². The van der Waals surface area contributed by atoms with Crippen molar-refractivity contribution < 1.29 is 28.3 Å². The van der Waals surface area contributed by atoms with Gasteiger partial charge in [-0.1, -0.05) is 18.2 Å². The number of carbonyl (C=O) groups is 2. The first-order valence-corrected chi connectivity index (χ1v) is 9.82. The number of nitrogens with zero attached hydrogens (tertiary/aromatic N) is 1. The van der Waals surface area contributed by atoms with Crippen molar-refractivity contribution in [1.29, 1.82) is 0 Å². The highest BCUT2D eigenvalue weighted by atomic mass is 16.7. The lowest BCUT2D eigenvalue weighted by Crippen LogP contribution is -2.58. The predicted octanol–water partition coefficient (Wildman–Crippen LogP) is 1.90. The molecule has 0 aliphatic carbocycles. The third-order valence-electron chi connectivity index (χ3n) is 5.90. The zero-order valence-electron chi connectivity index (χ0n) is 17.4. The molecule has 4 rings (SSSR count). The van der Waals surface area contributed by atoms with Gasteiger partial charge in [0.2, 0.25) is 12.5 Å². The molecule has 0 bridgehead atoms. The van der Waals surface area contributed by atoms with E-state index < -0.39 is 11.9 Å². The van der Waals surface area contributed by atoms with E-state index in [9.17, 15) is 9.59 Å². The van der Waals surface area contributed by atoms with Crippen LogP contribution in [0.25, 0.3) is 0 Å². The number of benzene rings is 2. The molecule has 0 spiro atoms. The molecule has 2 heterocycles. The summed E-state index contributed by atoms with van der Waals surface area (Å²) in [6.45, 7) is 2.64. The summed E-state index contributed by atoms with van der Waals surface area (Å²) in [5.74, 6) is 0.867. The number of para-hydroxylation sites is 1. The number of carbonyl (C=O) groups excluding carboxylic acids is 2. The van der Waals surface area contributed by atoms with Crippen molar-refractivity contribution in [2.24, 2.45) is 5.73 Å². The Kier molecular flexibility index (Phi) is 5.03. The van der Waals surface area contributed by atoms with Crippen LogP contribution in [0.4, 0.5) is 5.69 Å². The lowest BCUT2D eigenvalue weighted by molar-refractivity contribution is -0.924. The molecule has 0 saturated carbocycles. The highest BCUT2D eigenvalue weighted by Gasteiger charge is 2.48. The van der Waals surface area contributed by atoms with Crippen LogP contribution in [0.1, 0.15) is 22.7 Å². The van der Waals surface area contributed by atoms with Crippen LogP contribution in [-0.4, -0.2) is 50.3 Å². The maximum atomic E-state index is 13.6. The molecule has 30 heavy (non-hydrogen) atoms. The Morgan fingerprint density at radius 2 is 2.07 bits per heavy atom. The van der Waals surface area contributed by atoms with Crippen molar-refractivity contribution in [2.45, 2.75) is 19.4 Å². The van der Waals surface area contributed by atoms with Gasteiger partial charge in [0.25, 0.3) is 11.8 Å². The Morgan fingerprint density at radius 1 is 1.30 bits per heavy atom. The van der Waals surface area contributed by atoms with E-state index in [1.807, 2.05) is 44.3 Å². The summed E-state index contributed by atoms with van der Waals surface area (Å²) in [5.41, 5.74) is 8.89. The Morgan fingerprint density at radius 3 is 2.77 bits per heavy atom. The fraction of sp³-hybridized carbons (Fsp3) is 0.364. The number of hydrogen-bond acceptors (Lipinski definition) is 5. The summed E-state index contributed by atoms with van der Waals surface area (Å²) >= 11 is 0. The van der Waals surface area contributed by atoms with Crippen LogP contribution >= 0.6 is 0 Å². The standard InChI is InChI=1S/C22H25N3O5/c1-13-6-4-5-7-15(13)24-22(27)19-18-14(8-9-25(19,2)11-17(23)26)10-16-20(21(18)28-3)30-12-29-16/h4-7,10,19H,8-9,11-12H2,1-3H3,(H2-,23,24,26,27)/p+1. The van der Waals surface area contributed by atoms with Crippen molar-refractivity contribution in [3.63, 3.8) is 0 Å². The van der Waals surface area contributed by atoms with Gasteiger partial charge in [-0.2, -0.15) is 0 Å². The Balaban J connectivity index is 1.85. The third kappa shape index (κ3) is 3.33. The van der Waals surface area contributed by atoms with Gasteiger partial charge in [0.1, 0.15) is 0 Å². The Bertz CT molecular complexity index is 1020. The van der Waals surface area contributed by atoms with Gasteiger partial charge in [-0.15, -0.1) is 0 Å². The minimum atomic E-state index is -0.703. The molecule has 0 aromatic heterocycles. The van der Waals surface area contributed by atoms with Crippen LogP contribution in [-0.2, 0) is 16.0 Å². The van der Waals surface area contributed by atoms with Gasteiger partial charge in [0.05, 0.1) is 26.3 Å². The number of nitrogens with two attached hydrogens (primary N) is 1. The normalized spacial score (nSPS) is 21.6. The fourth-order valence-electron chi connectivity index (χ4n) is 4.46. The van der Waals surface area contributed by atoms with Gasteiger partial charge in [-0.25, -0.2) is 0 Å². The Hall–Kier alpha value is -3.26. The van der Waals surface area contributed by atoms with Gasteiger partial charge in [-0.3, -0.25) is 9.59 Å². The van der Waals surface area contributed by atoms with Gasteiger partial charge < -0.3 is 29.7 Å². The molecule has 8 nitrogen and oxygen atoms in total. The molecule has 2 aromatic carbocycles. The molecule has 2 amide bonds. The molecular weight excluding hydrogens is 386 g/mol. The maximum Gasteiger partial charge on any atom is 0.287 e. The number of primary amides is 1. The second-order valence-corrected chi connectivity index (χ2v) is 8.00. The van der Waals surface area contributed by atoms with Crippen LogP contribution < -0.4 is 25.3 Å². The highest BCUT2D eigenvalue weighted by molar-refractivity contribution is 5.96. The first kappa shape index (κ1) is 20.0. The Labute approximate surface area is 175 Å². The van der Waals surface area contributed by atoms with E-state index in [2.05, 4.69) is 5.32 Å². The summed E-state index contributed by atoms with van der Waals surface area (Å²) in [5, 5.41) is 3.03. The lowest BCUT2D eigenvalue weighted by Gasteiger charge is -2.44. The lowest BCUT2D eigenvalue weighted by atomic mass is 9.88. The molecule has 0 fully saturated rings. The predicted molar refractivity (Wildman–Crippen MR) is 110 cm³/mol. The van der Waals surface area contributed by atoms with Crippen molar-refractivity contribution >= 4 is 17.5 Å². The molecule has 0 saturated heterocycles. The van der Waals surface area contributed by atoms with E-state index in [0.29, 0.717) is 35.8 Å². The number of ether oxygens (including phenoxy) is 3. The van der Waals surface area contributed by atoms with Crippen LogP contribution in [0.3, 0.4) is 0 Å². The van der Waals surface area contributed by atoms with Crippen LogP contribution in [0.5, 0.6) is 17.2 Å². The molecular formula is C22H26N3O5+. The summed E-state index contributed by atoms with van der Waals surface area (Å²) in [6.07, 6.45) is 0.653. The number of quaternary nitrogens is 1. The molecule has 0 radical (unpaired) electrons. The van der Waals surface area contributed by atoms with E-state index in [1.54, 1.807) is 7.11 Å². The van der Waals surface area contributed by atoms with E-state index >= 15 is 0 Å². The second-order valence-electron chi connectivity index (χ2n) is 8.00. The molecule has 2 aliphatic rings. The number of fused-ring (bicyclic) bond motifs is 2. The number of amides is 2. The molecule has 158 valence electrons. The maximum absolute atomic E-state index is 13.6. The second kappa shape index (κ2) is 7.53. The molecule has 2 atom stereocenters. The SMILES string of the molecule is COc1c2c(cc3c1C(C(=O)Nc1ccccc1C)[N+](C)(CC(N)=O)CC3)OCO2. The largest absolute Gasteiger partial charge is 0.492 e. The average molecular weight is 412 g/mol. The van der Waals surface area contributed by atoms with Crippen LogP contribution in [0.15, 0.2) is 30.3 Å². The molecule has 2 aliphatic heterocycles. The van der Waals surface area contributed by atoms with E-state index in [1.165, 1.54) is 0 Å². The fourth-order valence-corrected chi connectivity index (χ4v) is 4.46. The highest BCUT2D eigenvalue weighted by Crippen LogP contribution is 2.51. The smallest absolute Gasteiger partial charge is 0.287 e. The van der Waals surface area contributed by atoms with Crippen LogP contribution in [0.2, 0.25) is 0 Å². The third-order valence-corrected chi connectivity index (χ3v) is 5.90. The van der Waals surface area contributed by atoms with Gasteiger partial charge in [0, 0.05) is 12.1 Å². The summed E-state index contributed by atoms with van der Waals surface area (Å²) in [7, 11) is 3.42. The van der Waals surface area contributed by atoms with Crippen molar-refractivity contribution in [1.82, 2.24) is 0 Å². The number of nitrogens with one attached hydrogen (secondary N) is 1. The topological polar surface area (TPSA) is 99.9 Å². The summed E-state index contributed by atoms with van der Waals surface area (Å²) < 4.78 is 17.0. The van der Waals surface area contributed by atoms with E-state index in [4.69, 9.17) is 19.9 Å². The number of aryl methyl sites for hydroxylation is 1. The zero-order valence-corrected chi connectivity index (χ0v) is 17.4. The average Bonchev–Trinajstić information content (AvgIpc) is 3.15. The first-order valence-electron chi connectivity index (χ1n) is 9.82. The molecule has 3 N–H and O–H groups in total. The quantitative estimate of drug-likeness (QED) is 0.731. The summed E-state index contributed by atoms with van der Waals surface area (Å²) in [4.78, 5) is 25.5. The van der Waals surface area contributed by atoms with Crippen molar-refractivity contribution in [3.05, 3.63) is 47.0 Å². The number of methoxy groups -OCH3 is 1. The zero-order chi connectivity index (χ0) is 21.5. The minimum Gasteiger partial charge on any atom is -0.492 e. The minimum absolute atomic E-state index is 0.0306. The molecule has 2 unspecified atom stereocenters. The van der Waals surface area contributed by atoms with E-state index in [0.717, 1.165) is 16.8 Å². The van der Waals surface area contributed by atoms with Crippen LogP contribution in [0, 0.1) is 6.92 Å². The molecule has 2 aromatic rings. The number of hydrogen-bond donors (Lipinski definition) is 2. The number of likely N-dealkylation sites (N-methyl/N-ethyl adjacent to an activating group) is 1. The van der Waals surface area contributed by atoms with E-state index in [-0.39, 0.29) is 23.7 Å². The number of anilines is 1. The van der Waals surface area contributed by atoms with Crippen molar-refractivity contribution in [2.75, 3.05) is 39.4 Å². The van der Waals surface area contributed by atoms with Gasteiger partial charge >= 0.3 is 0 Å². The molecule has 8 heteroatoms. The van der Waals surface area contributed by atoms with Crippen molar-refractivity contribution in [3.8, 4) is 17.2 Å². The monoisotopic (exact) mass is 412 g/mol. The number of rotatable bonds is 5.